The normalized spacial score (nSPS) is 12.0. The van der Waals surface area contributed by atoms with Crippen molar-refractivity contribution in [1.29, 1.82) is 0 Å². The summed E-state index contributed by atoms with van der Waals surface area (Å²) in [5, 5.41) is 11.1. The average molecular weight is 464 g/mol. The Hall–Kier alpha value is -1.67. The summed E-state index contributed by atoms with van der Waals surface area (Å²) < 4.78 is 52.4. The molecular weight excluding hydrogens is 449 g/mol. The van der Waals surface area contributed by atoms with E-state index in [2.05, 4.69) is 0 Å². The van der Waals surface area contributed by atoms with E-state index in [0.717, 1.165) is 6.07 Å². The third kappa shape index (κ3) is 6.46. The maximum absolute atomic E-state index is 12.3. The van der Waals surface area contributed by atoms with E-state index in [4.69, 9.17) is 27.9 Å². The maximum atomic E-state index is 12.3. The lowest BCUT2D eigenvalue weighted by molar-refractivity contribution is -0.385. The Morgan fingerprint density at radius 3 is 2.26 bits per heavy atom. The van der Waals surface area contributed by atoms with E-state index in [0.29, 0.717) is 12.5 Å². The van der Waals surface area contributed by atoms with Gasteiger partial charge in [0.15, 0.2) is 0 Å². The molecule has 0 radical (unpaired) electrons. The first kappa shape index (κ1) is 23.4. The Kier molecular flexibility index (Phi) is 7.80. The van der Waals surface area contributed by atoms with Crippen LogP contribution < -0.4 is 0 Å². The molecule has 1 rings (SSSR count). The van der Waals surface area contributed by atoms with Crippen LogP contribution in [0, 0.1) is 10.1 Å². The number of nitro groups is 1. The van der Waals surface area contributed by atoms with Crippen molar-refractivity contribution >= 4 is 55.0 Å². The van der Waals surface area contributed by atoms with Crippen LogP contribution >= 0.6 is 23.2 Å². The summed E-state index contributed by atoms with van der Waals surface area (Å²) in [6.45, 7) is -1.22. The highest BCUT2D eigenvalue weighted by atomic mass is 35.5. The second-order valence-electron chi connectivity index (χ2n) is 5.09. The monoisotopic (exact) mass is 463 g/mol. The van der Waals surface area contributed by atoms with Gasteiger partial charge in [-0.1, -0.05) is 16.0 Å². The maximum Gasteiger partial charge on any atom is 0.440 e. The molecule has 0 fully saturated rings. The number of amides is 1. The lowest BCUT2D eigenvalue weighted by Gasteiger charge is -2.29. The van der Waals surface area contributed by atoms with Crippen LogP contribution in [0.1, 0.15) is 5.56 Å². The van der Waals surface area contributed by atoms with Crippen LogP contribution in [-0.2, 0) is 31.4 Å². The first-order chi connectivity index (χ1) is 12.3. The number of nitrogens with zero attached hydrogens (tertiary/aromatic N) is 3. The molecule has 152 valence electrons. The zero-order valence-electron chi connectivity index (χ0n) is 14.0. The van der Waals surface area contributed by atoms with E-state index in [1.165, 1.54) is 12.1 Å². The number of benzene rings is 1. The van der Waals surface area contributed by atoms with Crippen molar-refractivity contribution in [3.63, 3.8) is 0 Å². The van der Waals surface area contributed by atoms with E-state index in [-0.39, 0.29) is 25.3 Å². The van der Waals surface area contributed by atoms with E-state index < -0.39 is 49.9 Å². The van der Waals surface area contributed by atoms with Crippen molar-refractivity contribution in [2.45, 2.75) is 6.61 Å². The van der Waals surface area contributed by atoms with Crippen LogP contribution in [-0.4, -0.2) is 61.6 Å². The molecular formula is C12H15Cl2N3O8S2. The summed E-state index contributed by atoms with van der Waals surface area (Å²) in [4.78, 5) is 22.5. The lowest BCUT2D eigenvalue weighted by atomic mass is 10.2. The Morgan fingerprint density at radius 2 is 1.81 bits per heavy atom. The molecule has 0 atom stereocenters. The number of carbonyl (C=O) groups excluding carboxylic acids is 1. The van der Waals surface area contributed by atoms with Gasteiger partial charge in [-0.2, -0.15) is 0 Å². The van der Waals surface area contributed by atoms with Crippen LogP contribution in [0.4, 0.5) is 10.5 Å². The van der Waals surface area contributed by atoms with Crippen molar-refractivity contribution in [3.8, 4) is 0 Å². The number of carbonyl (C=O) groups is 1. The van der Waals surface area contributed by atoms with Crippen molar-refractivity contribution in [3.05, 3.63) is 38.9 Å². The van der Waals surface area contributed by atoms with Crippen molar-refractivity contribution < 1.29 is 31.3 Å². The lowest BCUT2D eigenvalue weighted by Crippen LogP contribution is -2.52. The predicted molar refractivity (Wildman–Crippen MR) is 97.2 cm³/mol. The predicted octanol–water partition coefficient (Wildman–Crippen LogP) is 1.56. The van der Waals surface area contributed by atoms with Gasteiger partial charge in [-0.25, -0.2) is 21.6 Å². The molecule has 1 aromatic carbocycles. The summed E-state index contributed by atoms with van der Waals surface area (Å²) in [5.74, 6) is -0.310. The number of rotatable bonds is 8. The first-order valence-electron chi connectivity index (χ1n) is 6.92. The number of halogens is 2. The molecule has 11 nitrogen and oxygen atoms in total. The fraction of sp³-hybridized carbons (Fsp3) is 0.417. The zero-order chi connectivity index (χ0) is 21.0. The second kappa shape index (κ2) is 9.01. The standard InChI is InChI=1S/C12H15Cl2N3O8S2/c1-26(21,22)15(6-5-13)16(27(2,23)24)12(18)25-8-9-3-4-10(14)7-11(9)17(19)20/h3-4,7H,5-6,8H2,1-2H3. The molecule has 0 aliphatic carbocycles. The molecule has 0 heterocycles. The minimum absolute atomic E-state index is 0.0694. The molecule has 0 unspecified atom stereocenters. The molecule has 1 amide bonds. The quantitative estimate of drug-likeness (QED) is 0.320. The summed E-state index contributed by atoms with van der Waals surface area (Å²) in [7, 11) is -8.61. The third-order valence-electron chi connectivity index (χ3n) is 2.93. The van der Waals surface area contributed by atoms with Crippen molar-refractivity contribution in [2.24, 2.45) is 0 Å². The van der Waals surface area contributed by atoms with Crippen LogP contribution in [0.2, 0.25) is 5.02 Å². The van der Waals surface area contributed by atoms with Gasteiger partial charge in [0.25, 0.3) is 15.7 Å². The van der Waals surface area contributed by atoms with Gasteiger partial charge >= 0.3 is 6.09 Å². The van der Waals surface area contributed by atoms with Gasteiger partial charge in [-0.3, -0.25) is 10.1 Å². The third-order valence-corrected chi connectivity index (χ3v) is 5.52. The average Bonchev–Trinajstić information content (AvgIpc) is 2.50. The highest BCUT2D eigenvalue weighted by Gasteiger charge is 2.37. The van der Waals surface area contributed by atoms with Gasteiger partial charge in [0, 0.05) is 23.5 Å². The number of ether oxygens (including phenoxy) is 1. The van der Waals surface area contributed by atoms with Crippen LogP contribution in [0.15, 0.2) is 18.2 Å². The molecule has 15 heteroatoms. The fourth-order valence-electron chi connectivity index (χ4n) is 1.88. The Balaban J connectivity index is 3.18. The summed E-state index contributed by atoms with van der Waals surface area (Å²) >= 11 is 11.2. The number of hydrazine groups is 1. The zero-order valence-corrected chi connectivity index (χ0v) is 17.2. The number of alkyl halides is 1. The van der Waals surface area contributed by atoms with E-state index >= 15 is 0 Å². The molecule has 1 aromatic rings. The highest BCUT2D eigenvalue weighted by Crippen LogP contribution is 2.24. The van der Waals surface area contributed by atoms with E-state index in [9.17, 15) is 31.7 Å². The molecule has 0 aliphatic rings. The van der Waals surface area contributed by atoms with Crippen molar-refractivity contribution in [2.75, 3.05) is 24.9 Å². The smallest absolute Gasteiger partial charge is 0.440 e. The number of sulfonamides is 2. The largest absolute Gasteiger partial charge is 0.443 e. The van der Waals surface area contributed by atoms with Crippen LogP contribution in [0.3, 0.4) is 0 Å². The Bertz CT molecular complexity index is 936. The minimum Gasteiger partial charge on any atom is -0.443 e. The van der Waals surface area contributed by atoms with Crippen molar-refractivity contribution in [1.82, 2.24) is 8.83 Å². The summed E-state index contributed by atoms with van der Waals surface area (Å²) in [6, 6.07) is 3.54. The fourth-order valence-corrected chi connectivity index (χ4v) is 4.53. The SMILES string of the molecule is CS(=O)(=O)N(CCCl)N(C(=O)OCc1ccc(Cl)cc1[N+](=O)[O-])S(C)(=O)=O. The van der Waals surface area contributed by atoms with Gasteiger partial charge in [0.2, 0.25) is 10.0 Å². The molecule has 0 saturated heterocycles. The van der Waals surface area contributed by atoms with Gasteiger partial charge in [-0.15, -0.1) is 16.0 Å². The number of hydrogen-bond donors (Lipinski definition) is 0. The first-order valence-corrected chi connectivity index (χ1v) is 11.5. The number of nitro benzene ring substituents is 1. The molecule has 0 aliphatic heterocycles. The van der Waals surface area contributed by atoms with E-state index in [1.54, 1.807) is 0 Å². The van der Waals surface area contributed by atoms with Gasteiger partial charge in [0.05, 0.1) is 23.0 Å². The summed E-state index contributed by atoms with van der Waals surface area (Å²) in [5.41, 5.74) is -0.531. The molecule has 0 spiro atoms. The molecule has 0 saturated carbocycles. The van der Waals surface area contributed by atoms with Gasteiger partial charge < -0.3 is 4.74 Å². The topological polar surface area (TPSA) is 144 Å². The molecule has 0 aromatic heterocycles. The van der Waals surface area contributed by atoms with Crippen LogP contribution in [0.25, 0.3) is 0 Å². The van der Waals surface area contributed by atoms with Crippen LogP contribution in [0.5, 0.6) is 0 Å². The van der Waals surface area contributed by atoms with Gasteiger partial charge in [0.1, 0.15) is 6.61 Å². The minimum atomic E-state index is -4.41. The highest BCUT2D eigenvalue weighted by molar-refractivity contribution is 7.91. The number of hydrogen-bond acceptors (Lipinski definition) is 8. The Labute approximate surface area is 165 Å². The molecule has 27 heavy (non-hydrogen) atoms. The second-order valence-corrected chi connectivity index (χ2v) is 9.60. The van der Waals surface area contributed by atoms with Gasteiger partial charge in [-0.05, 0) is 12.1 Å². The molecule has 0 bridgehead atoms. The Morgan fingerprint density at radius 1 is 1.22 bits per heavy atom. The molecule has 0 N–H and O–H groups in total. The summed E-state index contributed by atoms with van der Waals surface area (Å²) in [6.07, 6.45) is -0.308. The van der Waals surface area contributed by atoms with E-state index in [1.807, 2.05) is 0 Å².